The van der Waals surface area contributed by atoms with Gasteiger partial charge in [0.15, 0.2) is 57.4 Å². The Morgan fingerprint density at radius 3 is 1.51 bits per heavy atom. The third-order valence-corrected chi connectivity index (χ3v) is 6.28. The number of carbonyl (C=O) groups is 1. The van der Waals surface area contributed by atoms with E-state index in [1.54, 1.807) is 0 Å². The molecule has 6 N–H and O–H groups in total. The average Bonchev–Trinajstić information content (AvgIpc) is 3.01. The van der Waals surface area contributed by atoms with Crippen LogP contribution >= 0.6 is 0 Å². The van der Waals surface area contributed by atoms with Gasteiger partial charge >= 0.3 is 0 Å². The molecule has 0 aliphatic heterocycles. The molecule has 0 saturated carbocycles. The lowest BCUT2D eigenvalue weighted by atomic mass is 10.1. The Kier molecular flexibility index (Phi) is 9.26. The Hall–Kier alpha value is -6.45. The van der Waals surface area contributed by atoms with Crippen LogP contribution in [0.3, 0.4) is 0 Å². The van der Waals surface area contributed by atoms with Crippen LogP contribution in [0, 0.1) is 14.7 Å². The van der Waals surface area contributed by atoms with Crippen LogP contribution in [0.2, 0.25) is 0 Å². The average molecular weight is 622 g/mol. The minimum Gasteiger partial charge on any atom is -0.505 e. The minimum absolute atomic E-state index is 0.0806. The molecule has 4 aromatic rings. The number of nitroso groups, excluding NO2 is 3. The predicted molar refractivity (Wildman–Crippen MR) is 155 cm³/mol. The molecule has 16 heteroatoms. The van der Waals surface area contributed by atoms with Gasteiger partial charge in [-0.05, 0) is 87.7 Å². The second-order valence-electron chi connectivity index (χ2n) is 9.45. The number of Topliss-reactive ketones (excluding diaryl/α,β-unsaturated/α-hetero) is 1. The normalized spacial score (nSPS) is 10.6. The predicted octanol–water partition coefficient (Wildman–Crippen LogP) is 6.05. The zero-order valence-corrected chi connectivity index (χ0v) is 23.1. The highest BCUT2D eigenvalue weighted by Crippen LogP contribution is 2.43. The standard InChI is InChI=1S/C29H23N3O13/c1-13(33)17-8-24(43-10-14-2-18(30-40)26(32-42)20(34)4-14)29(45-12-15-3-19(31-41)27(38)21(35)5-15)25(9-17)44-11-16-6-22(36)28(39)23(37)7-16/h2-9,34-39H,10-12H2,1H3. The van der Waals surface area contributed by atoms with Crippen molar-refractivity contribution in [1.82, 2.24) is 0 Å². The van der Waals surface area contributed by atoms with E-state index in [1.807, 2.05) is 0 Å². The van der Waals surface area contributed by atoms with Crippen LogP contribution in [-0.2, 0) is 19.8 Å². The van der Waals surface area contributed by atoms with Crippen molar-refractivity contribution in [2.24, 2.45) is 15.5 Å². The smallest absolute Gasteiger partial charge is 0.203 e. The second kappa shape index (κ2) is 13.2. The highest BCUT2D eigenvalue weighted by atomic mass is 16.5. The molecule has 4 rings (SSSR count). The molecule has 0 aliphatic carbocycles. The monoisotopic (exact) mass is 621 g/mol. The topological polar surface area (TPSA) is 254 Å². The molecular weight excluding hydrogens is 598 g/mol. The fraction of sp³-hybridized carbons (Fsp3) is 0.138. The molecule has 0 radical (unpaired) electrons. The molecular formula is C29H23N3O13. The molecule has 0 bridgehead atoms. The number of phenolic OH excluding ortho intramolecular Hbond substituents is 6. The lowest BCUT2D eigenvalue weighted by molar-refractivity contribution is 0.101. The van der Waals surface area contributed by atoms with Gasteiger partial charge in [-0.15, -0.1) is 14.7 Å². The molecule has 0 saturated heterocycles. The van der Waals surface area contributed by atoms with Gasteiger partial charge in [-0.25, -0.2) is 0 Å². The van der Waals surface area contributed by atoms with Gasteiger partial charge < -0.3 is 44.8 Å². The molecule has 0 atom stereocenters. The molecule has 45 heavy (non-hydrogen) atoms. The van der Waals surface area contributed by atoms with Crippen molar-refractivity contribution in [3.05, 3.63) is 85.5 Å². The summed E-state index contributed by atoms with van der Waals surface area (Å²) in [7, 11) is 0. The summed E-state index contributed by atoms with van der Waals surface area (Å²) >= 11 is 0. The summed E-state index contributed by atoms with van der Waals surface area (Å²) in [6, 6.07) is 9.36. The maximum atomic E-state index is 12.4. The number of hydrogen-bond donors (Lipinski definition) is 6. The Bertz CT molecular complexity index is 1800. The first-order chi connectivity index (χ1) is 21.4. The molecule has 232 valence electrons. The molecule has 0 amide bonds. The van der Waals surface area contributed by atoms with Crippen molar-refractivity contribution >= 4 is 22.8 Å². The Morgan fingerprint density at radius 2 is 1.02 bits per heavy atom. The van der Waals surface area contributed by atoms with E-state index in [9.17, 15) is 50.2 Å². The number of ether oxygens (including phenoxy) is 3. The molecule has 4 aromatic carbocycles. The lowest BCUT2D eigenvalue weighted by Gasteiger charge is -2.19. The first kappa shape index (κ1) is 31.5. The Labute approximate surface area is 252 Å². The number of phenols is 6. The summed E-state index contributed by atoms with van der Waals surface area (Å²) < 4.78 is 17.7. The van der Waals surface area contributed by atoms with E-state index < -0.39 is 57.3 Å². The molecule has 0 aliphatic rings. The van der Waals surface area contributed by atoms with Gasteiger partial charge in [0.25, 0.3) is 0 Å². The molecule has 16 nitrogen and oxygen atoms in total. The van der Waals surface area contributed by atoms with E-state index in [1.165, 1.54) is 19.1 Å². The van der Waals surface area contributed by atoms with Crippen LogP contribution in [-0.4, -0.2) is 36.4 Å². The van der Waals surface area contributed by atoms with E-state index in [2.05, 4.69) is 15.5 Å². The number of rotatable bonds is 13. The summed E-state index contributed by atoms with van der Waals surface area (Å²) in [5, 5.41) is 67.2. The van der Waals surface area contributed by atoms with Gasteiger partial charge in [0.1, 0.15) is 31.3 Å². The van der Waals surface area contributed by atoms with Crippen LogP contribution in [0.4, 0.5) is 17.1 Å². The van der Waals surface area contributed by atoms with Crippen molar-refractivity contribution in [2.45, 2.75) is 26.7 Å². The van der Waals surface area contributed by atoms with Gasteiger partial charge in [0.2, 0.25) is 5.75 Å². The molecule has 0 aromatic heterocycles. The summed E-state index contributed by atoms with van der Waals surface area (Å²) in [6.45, 7) is 0.187. The van der Waals surface area contributed by atoms with Crippen molar-refractivity contribution in [2.75, 3.05) is 0 Å². The van der Waals surface area contributed by atoms with Gasteiger partial charge in [-0.1, -0.05) is 0 Å². The fourth-order valence-corrected chi connectivity index (χ4v) is 4.08. The highest BCUT2D eigenvalue weighted by Gasteiger charge is 2.21. The fourth-order valence-electron chi connectivity index (χ4n) is 4.08. The van der Waals surface area contributed by atoms with Gasteiger partial charge in [0, 0.05) is 5.56 Å². The van der Waals surface area contributed by atoms with Crippen molar-refractivity contribution < 1.29 is 49.6 Å². The van der Waals surface area contributed by atoms with Crippen LogP contribution in [0.5, 0.6) is 51.7 Å². The van der Waals surface area contributed by atoms with Crippen molar-refractivity contribution in [3.63, 3.8) is 0 Å². The molecule has 0 fully saturated rings. The molecule has 0 heterocycles. The number of benzene rings is 4. The zero-order valence-electron chi connectivity index (χ0n) is 23.1. The molecule has 0 unspecified atom stereocenters. The third kappa shape index (κ3) is 6.96. The Balaban J connectivity index is 1.75. The first-order valence-corrected chi connectivity index (χ1v) is 12.7. The van der Waals surface area contributed by atoms with Crippen LogP contribution in [0.25, 0.3) is 0 Å². The lowest BCUT2D eigenvalue weighted by Crippen LogP contribution is -2.06. The highest BCUT2D eigenvalue weighted by molar-refractivity contribution is 5.95. The van der Waals surface area contributed by atoms with E-state index in [0.717, 1.165) is 36.4 Å². The van der Waals surface area contributed by atoms with E-state index in [0.29, 0.717) is 0 Å². The van der Waals surface area contributed by atoms with Crippen LogP contribution in [0.1, 0.15) is 34.0 Å². The first-order valence-electron chi connectivity index (χ1n) is 12.7. The van der Waals surface area contributed by atoms with Gasteiger partial charge in [0.05, 0.1) is 0 Å². The minimum atomic E-state index is -0.741. The maximum Gasteiger partial charge on any atom is 0.203 e. The number of nitrogens with zero attached hydrogens (tertiary/aromatic N) is 3. The Morgan fingerprint density at radius 1 is 0.578 bits per heavy atom. The summed E-state index contributed by atoms with van der Waals surface area (Å²) in [5.41, 5.74) is -0.873. The summed E-state index contributed by atoms with van der Waals surface area (Å²) in [6.07, 6.45) is 0. The molecule has 0 spiro atoms. The van der Waals surface area contributed by atoms with Crippen molar-refractivity contribution in [3.8, 4) is 51.7 Å². The SMILES string of the molecule is CC(=O)c1cc(OCc2cc(O)c(O)c(O)c2)c(OCc2cc(O)c(O)c(N=O)c2)c(OCc2cc(O)c(N=O)c(N=O)c2)c1. The zero-order chi connectivity index (χ0) is 32.8. The quantitative estimate of drug-likeness (QED) is 0.0565. The largest absolute Gasteiger partial charge is 0.505 e. The third-order valence-electron chi connectivity index (χ3n) is 6.28. The van der Waals surface area contributed by atoms with Gasteiger partial charge in [-0.2, -0.15) is 0 Å². The summed E-state index contributed by atoms with van der Waals surface area (Å²) in [5.74, 6) is -4.77. The number of aromatic hydroxyl groups is 6. The number of carbonyl (C=O) groups excluding carboxylic acids is 1. The van der Waals surface area contributed by atoms with Gasteiger partial charge in [-0.3, -0.25) is 4.79 Å². The van der Waals surface area contributed by atoms with E-state index in [4.69, 9.17) is 14.2 Å². The second-order valence-corrected chi connectivity index (χ2v) is 9.45. The summed E-state index contributed by atoms with van der Waals surface area (Å²) in [4.78, 5) is 45.6. The van der Waals surface area contributed by atoms with E-state index in [-0.39, 0.29) is 59.3 Å². The maximum absolute atomic E-state index is 12.4. The van der Waals surface area contributed by atoms with Crippen molar-refractivity contribution in [1.29, 1.82) is 0 Å². The van der Waals surface area contributed by atoms with Crippen LogP contribution in [0.15, 0.2) is 64.1 Å². The number of ketones is 1. The van der Waals surface area contributed by atoms with Crippen LogP contribution < -0.4 is 14.2 Å². The van der Waals surface area contributed by atoms with E-state index >= 15 is 0 Å². The number of hydrogen-bond acceptors (Lipinski definition) is 16.